The van der Waals surface area contributed by atoms with Gasteiger partial charge in [0, 0.05) is 37.8 Å². The molecule has 0 radical (unpaired) electrons. The SMILES string of the molecule is C=C/C=C\C=C(/C=C)CCN1CCC(N2C(=O)CCC(=C/C=C)/C2=C\C)CC1.CC.CC.CC. The number of hydrogen-bond acceptors (Lipinski definition) is 2. The van der Waals surface area contributed by atoms with Gasteiger partial charge in [0.25, 0.3) is 0 Å². The normalized spacial score (nSPS) is 19.4. The Bertz CT molecular complexity index is 701. The fourth-order valence-electron chi connectivity index (χ4n) is 4.01. The van der Waals surface area contributed by atoms with Crippen LogP contribution in [0.5, 0.6) is 0 Å². The van der Waals surface area contributed by atoms with Crippen LogP contribution in [0.4, 0.5) is 0 Å². The predicted octanol–water partition coefficient (Wildman–Crippen LogP) is 8.41. The Kier molecular flexibility index (Phi) is 22.3. The van der Waals surface area contributed by atoms with Gasteiger partial charge in [-0.15, -0.1) is 0 Å². The van der Waals surface area contributed by atoms with Crippen LogP contribution in [0.15, 0.2) is 85.2 Å². The maximum Gasteiger partial charge on any atom is 0.227 e. The Hall–Kier alpha value is -2.39. The van der Waals surface area contributed by atoms with Crippen LogP contribution in [0.1, 0.15) is 80.6 Å². The summed E-state index contributed by atoms with van der Waals surface area (Å²) in [5.41, 5.74) is 3.55. The minimum Gasteiger partial charge on any atom is -0.309 e. The van der Waals surface area contributed by atoms with Crippen LogP contribution in [-0.4, -0.2) is 41.4 Å². The van der Waals surface area contributed by atoms with Gasteiger partial charge in [0.15, 0.2) is 0 Å². The number of likely N-dealkylation sites (tertiary alicyclic amines) is 2. The maximum absolute atomic E-state index is 12.7. The fourth-order valence-corrected chi connectivity index (χ4v) is 4.01. The van der Waals surface area contributed by atoms with E-state index in [-0.39, 0.29) is 5.91 Å². The predicted molar refractivity (Wildman–Crippen MR) is 154 cm³/mol. The van der Waals surface area contributed by atoms with E-state index < -0.39 is 0 Å². The molecule has 192 valence electrons. The van der Waals surface area contributed by atoms with Crippen molar-refractivity contribution >= 4 is 5.91 Å². The smallest absolute Gasteiger partial charge is 0.227 e. The molecule has 0 saturated carbocycles. The lowest BCUT2D eigenvalue weighted by molar-refractivity contribution is -0.132. The second-order valence-electron chi connectivity index (χ2n) is 7.25. The molecule has 0 N–H and O–H groups in total. The number of piperidine rings is 2. The fraction of sp³-hybridized carbons (Fsp3) is 0.516. The van der Waals surface area contributed by atoms with Crippen molar-refractivity contribution in [1.82, 2.24) is 9.80 Å². The lowest BCUT2D eigenvalue weighted by atomic mass is 9.93. The molecule has 2 aliphatic heterocycles. The van der Waals surface area contributed by atoms with Crippen molar-refractivity contribution in [1.29, 1.82) is 0 Å². The zero-order chi connectivity index (χ0) is 26.4. The topological polar surface area (TPSA) is 23.6 Å². The third kappa shape index (κ3) is 11.7. The molecule has 3 nitrogen and oxygen atoms in total. The van der Waals surface area contributed by atoms with Crippen molar-refractivity contribution in [3.63, 3.8) is 0 Å². The Labute approximate surface area is 212 Å². The first-order valence-corrected chi connectivity index (χ1v) is 13.3. The molecule has 1 amide bonds. The van der Waals surface area contributed by atoms with Crippen molar-refractivity contribution in [2.45, 2.75) is 86.6 Å². The minimum atomic E-state index is 0.263. The Morgan fingerprint density at radius 2 is 1.56 bits per heavy atom. The lowest BCUT2D eigenvalue weighted by Gasteiger charge is -2.42. The highest BCUT2D eigenvalue weighted by Gasteiger charge is 2.33. The van der Waals surface area contributed by atoms with E-state index in [2.05, 4.69) is 41.7 Å². The number of rotatable bonds is 8. The second-order valence-corrected chi connectivity index (χ2v) is 7.25. The highest BCUT2D eigenvalue weighted by atomic mass is 16.2. The summed E-state index contributed by atoms with van der Waals surface area (Å²) in [5, 5.41) is 0. The van der Waals surface area contributed by atoms with Crippen LogP contribution in [0.25, 0.3) is 0 Å². The van der Waals surface area contributed by atoms with Crippen molar-refractivity contribution < 1.29 is 4.79 Å². The molecule has 2 aliphatic rings. The number of amides is 1. The van der Waals surface area contributed by atoms with Gasteiger partial charge >= 0.3 is 0 Å². The third-order valence-electron chi connectivity index (χ3n) is 5.52. The molecule has 0 aromatic rings. The van der Waals surface area contributed by atoms with Gasteiger partial charge in [-0.3, -0.25) is 4.79 Å². The van der Waals surface area contributed by atoms with Crippen molar-refractivity contribution in [2.75, 3.05) is 19.6 Å². The number of allylic oxidation sites excluding steroid dienone is 9. The van der Waals surface area contributed by atoms with Crippen molar-refractivity contribution in [3.8, 4) is 0 Å². The van der Waals surface area contributed by atoms with E-state index in [1.165, 1.54) is 11.1 Å². The molecule has 34 heavy (non-hydrogen) atoms. The summed E-state index contributed by atoms with van der Waals surface area (Å²) in [4.78, 5) is 17.2. The van der Waals surface area contributed by atoms with E-state index in [9.17, 15) is 4.79 Å². The van der Waals surface area contributed by atoms with Crippen LogP contribution in [-0.2, 0) is 4.79 Å². The molecule has 0 bridgehead atoms. The van der Waals surface area contributed by atoms with E-state index >= 15 is 0 Å². The number of carbonyl (C=O) groups is 1. The molecule has 0 aromatic carbocycles. The largest absolute Gasteiger partial charge is 0.309 e. The third-order valence-corrected chi connectivity index (χ3v) is 5.52. The van der Waals surface area contributed by atoms with Gasteiger partial charge in [-0.25, -0.2) is 0 Å². The summed E-state index contributed by atoms with van der Waals surface area (Å²) < 4.78 is 0. The quantitative estimate of drug-likeness (QED) is 0.334. The number of carbonyl (C=O) groups excluding carboxylic acids is 1. The summed E-state index contributed by atoms with van der Waals surface area (Å²) in [7, 11) is 0. The van der Waals surface area contributed by atoms with Gasteiger partial charge in [-0.2, -0.15) is 0 Å². The van der Waals surface area contributed by atoms with E-state index in [0.29, 0.717) is 12.5 Å². The summed E-state index contributed by atoms with van der Waals surface area (Å²) in [6, 6.07) is 0.299. The van der Waals surface area contributed by atoms with E-state index in [1.54, 1.807) is 6.08 Å². The molecule has 2 rings (SSSR count). The monoisotopic (exact) mass is 468 g/mol. The molecular weight excluding hydrogens is 416 g/mol. The Balaban J connectivity index is 0. The van der Waals surface area contributed by atoms with Gasteiger partial charge in [0.2, 0.25) is 5.91 Å². The van der Waals surface area contributed by atoms with E-state index in [0.717, 1.165) is 51.0 Å². The average molecular weight is 469 g/mol. The highest BCUT2D eigenvalue weighted by Crippen LogP contribution is 2.32. The van der Waals surface area contributed by atoms with Gasteiger partial charge in [-0.05, 0) is 43.8 Å². The molecular formula is C31H52N2O. The Morgan fingerprint density at radius 3 is 2.06 bits per heavy atom. The molecule has 3 heteroatoms. The lowest BCUT2D eigenvalue weighted by Crippen LogP contribution is -2.48. The van der Waals surface area contributed by atoms with Gasteiger partial charge in [0.05, 0.1) is 0 Å². The summed E-state index contributed by atoms with van der Waals surface area (Å²) in [6.07, 6.45) is 20.1. The van der Waals surface area contributed by atoms with Crippen LogP contribution in [0.2, 0.25) is 0 Å². The maximum atomic E-state index is 12.7. The van der Waals surface area contributed by atoms with E-state index in [4.69, 9.17) is 0 Å². The second kappa shape index (κ2) is 22.4. The molecule has 0 aliphatic carbocycles. The molecule has 0 aromatic heterocycles. The van der Waals surface area contributed by atoms with Crippen LogP contribution < -0.4 is 0 Å². The number of nitrogens with zero attached hydrogens (tertiary/aromatic N) is 2. The molecule has 2 fully saturated rings. The number of hydrogen-bond donors (Lipinski definition) is 0. The summed E-state index contributed by atoms with van der Waals surface area (Å²) in [6.45, 7) is 28.5. The molecule has 0 atom stereocenters. The van der Waals surface area contributed by atoms with Gasteiger partial charge in [0.1, 0.15) is 0 Å². The first kappa shape index (κ1) is 33.8. The van der Waals surface area contributed by atoms with Crippen LogP contribution in [0.3, 0.4) is 0 Å². The average Bonchev–Trinajstić information content (AvgIpc) is 2.91. The molecule has 0 unspecified atom stereocenters. The molecule has 2 saturated heterocycles. The zero-order valence-electron chi connectivity index (χ0n) is 23.3. The minimum absolute atomic E-state index is 0.263. The summed E-state index contributed by atoms with van der Waals surface area (Å²) >= 11 is 0. The van der Waals surface area contributed by atoms with Gasteiger partial charge < -0.3 is 9.80 Å². The highest BCUT2D eigenvalue weighted by molar-refractivity contribution is 5.82. The Morgan fingerprint density at radius 1 is 0.941 bits per heavy atom. The standard InChI is InChI=1S/C25H34N2O.3C2H6/c1-5-9-10-12-21(7-3)15-18-26-19-16-23(17-20-26)27-24(8-4)22(11-6-2)13-14-25(27)28;3*1-2/h5-12,23H,1-3,13-20H2,4H3;3*1-2H3/b10-9-,21-12+,22-11-,24-8+;;;. The van der Waals surface area contributed by atoms with Gasteiger partial charge in [-0.1, -0.05) is 110 Å². The van der Waals surface area contributed by atoms with Crippen molar-refractivity contribution in [3.05, 3.63) is 85.2 Å². The molecule has 0 spiro atoms. The first-order chi connectivity index (χ1) is 16.6. The zero-order valence-corrected chi connectivity index (χ0v) is 23.3. The molecule has 2 heterocycles. The van der Waals surface area contributed by atoms with Crippen LogP contribution in [0, 0.1) is 0 Å². The van der Waals surface area contributed by atoms with E-state index in [1.807, 2.05) is 78.8 Å². The van der Waals surface area contributed by atoms with Crippen LogP contribution >= 0.6 is 0 Å². The first-order valence-electron chi connectivity index (χ1n) is 13.3. The summed E-state index contributed by atoms with van der Waals surface area (Å²) in [5.74, 6) is 0.263. The van der Waals surface area contributed by atoms with Crippen molar-refractivity contribution in [2.24, 2.45) is 0 Å².